The molecule has 1 aliphatic rings. The summed E-state index contributed by atoms with van der Waals surface area (Å²) in [5, 5.41) is -0.433. The van der Waals surface area contributed by atoms with Gasteiger partial charge in [-0.05, 0) is 80.1 Å². The average molecular weight is 509 g/mol. The maximum atomic E-state index is 13.0. The van der Waals surface area contributed by atoms with E-state index in [0.717, 1.165) is 44.9 Å². The Morgan fingerprint density at radius 3 is 2.44 bits per heavy atom. The number of thioether (sulfide) groups is 1. The van der Waals surface area contributed by atoms with Gasteiger partial charge in [0.15, 0.2) is 0 Å². The largest absolute Gasteiger partial charge is 0.465 e. The Hall–Kier alpha value is -4.05. The van der Waals surface area contributed by atoms with Crippen LogP contribution in [0.25, 0.3) is 11.8 Å². The number of nitrogens with zero attached hydrogens (tertiary/aromatic N) is 2. The molecule has 10 heteroatoms. The lowest BCUT2D eigenvalue weighted by Gasteiger charge is -2.15. The first-order chi connectivity index (χ1) is 17.2. The van der Waals surface area contributed by atoms with Crippen molar-refractivity contribution in [2.24, 2.45) is 0 Å². The highest BCUT2D eigenvalue weighted by Gasteiger charge is 2.36. The Morgan fingerprint density at radius 2 is 1.75 bits per heavy atom. The highest BCUT2D eigenvalue weighted by molar-refractivity contribution is 8.18. The molecule has 1 aromatic carbocycles. The number of methoxy groups -OCH3 is 2. The molecule has 0 N–H and O–H groups in total. The lowest BCUT2D eigenvalue weighted by atomic mass is 10.1. The molecule has 1 aliphatic heterocycles. The van der Waals surface area contributed by atoms with Crippen LogP contribution in [0, 0.1) is 20.8 Å². The van der Waals surface area contributed by atoms with Crippen LogP contribution in [0.3, 0.4) is 0 Å². The third kappa shape index (κ3) is 4.47. The standard InChI is InChI=1S/C26H24N2O7S/c1-14-11-17(16(3)28(14)20-8-6-7-19(15(20)2)24(30)33-4)12-22-23(29)27(26(32)36-22)13-18-9-10-21(35-18)25(31)34-5/h6-12H,13H2,1-5H3/b22-12+. The minimum Gasteiger partial charge on any atom is -0.465 e. The van der Waals surface area contributed by atoms with E-state index in [1.165, 1.54) is 26.4 Å². The van der Waals surface area contributed by atoms with Crippen LogP contribution in [0.5, 0.6) is 0 Å². The van der Waals surface area contributed by atoms with Gasteiger partial charge in [-0.1, -0.05) is 6.07 Å². The number of esters is 2. The van der Waals surface area contributed by atoms with Crippen molar-refractivity contribution in [2.75, 3.05) is 14.2 Å². The number of aryl methyl sites for hydroxylation is 1. The fourth-order valence-electron chi connectivity index (χ4n) is 4.11. The summed E-state index contributed by atoms with van der Waals surface area (Å²) in [6.07, 6.45) is 1.69. The number of amides is 2. The third-order valence-corrected chi connectivity index (χ3v) is 6.85. The molecule has 36 heavy (non-hydrogen) atoms. The van der Waals surface area contributed by atoms with E-state index in [1.807, 2.05) is 37.5 Å². The van der Waals surface area contributed by atoms with Gasteiger partial charge in [0, 0.05) is 17.1 Å². The van der Waals surface area contributed by atoms with Crippen LogP contribution in [0.2, 0.25) is 0 Å². The van der Waals surface area contributed by atoms with Crippen molar-refractivity contribution in [3.8, 4) is 5.69 Å². The summed E-state index contributed by atoms with van der Waals surface area (Å²) in [4.78, 5) is 50.7. The summed E-state index contributed by atoms with van der Waals surface area (Å²) in [6, 6.07) is 10.3. The number of benzene rings is 1. The summed E-state index contributed by atoms with van der Waals surface area (Å²) in [5.41, 5.74) is 4.57. The molecule has 2 amide bonds. The predicted molar refractivity (Wildman–Crippen MR) is 133 cm³/mol. The maximum Gasteiger partial charge on any atom is 0.373 e. The van der Waals surface area contributed by atoms with Crippen molar-refractivity contribution in [3.63, 3.8) is 0 Å². The zero-order valence-corrected chi connectivity index (χ0v) is 21.2. The quantitative estimate of drug-likeness (QED) is 0.345. The van der Waals surface area contributed by atoms with Gasteiger partial charge in [0.2, 0.25) is 5.76 Å². The van der Waals surface area contributed by atoms with E-state index in [2.05, 4.69) is 4.74 Å². The molecule has 3 aromatic rings. The minimum atomic E-state index is -0.641. The topological polar surface area (TPSA) is 108 Å². The van der Waals surface area contributed by atoms with E-state index in [-0.39, 0.29) is 23.0 Å². The van der Waals surface area contributed by atoms with Crippen molar-refractivity contribution in [1.82, 2.24) is 9.47 Å². The van der Waals surface area contributed by atoms with Crippen molar-refractivity contribution in [1.29, 1.82) is 0 Å². The molecule has 0 bridgehead atoms. The summed E-state index contributed by atoms with van der Waals surface area (Å²) in [7, 11) is 2.58. The second-order valence-electron chi connectivity index (χ2n) is 8.13. The van der Waals surface area contributed by atoms with Crippen molar-refractivity contribution < 1.29 is 33.1 Å². The molecule has 0 aliphatic carbocycles. The van der Waals surface area contributed by atoms with Gasteiger partial charge in [-0.25, -0.2) is 9.59 Å². The van der Waals surface area contributed by atoms with Gasteiger partial charge < -0.3 is 18.5 Å². The second-order valence-corrected chi connectivity index (χ2v) is 9.12. The van der Waals surface area contributed by atoms with Crippen LogP contribution in [-0.4, -0.2) is 46.8 Å². The summed E-state index contributed by atoms with van der Waals surface area (Å²) < 4.78 is 16.9. The molecule has 1 fully saturated rings. The fourth-order valence-corrected chi connectivity index (χ4v) is 4.94. The van der Waals surface area contributed by atoms with Gasteiger partial charge in [-0.3, -0.25) is 14.5 Å². The Balaban J connectivity index is 1.63. The van der Waals surface area contributed by atoms with E-state index >= 15 is 0 Å². The number of carbonyl (C=O) groups excluding carboxylic acids is 4. The Labute approximate surface area is 211 Å². The molecule has 4 rings (SSSR count). The van der Waals surface area contributed by atoms with Gasteiger partial charge >= 0.3 is 11.9 Å². The SMILES string of the molecule is COC(=O)c1ccc(CN2C(=O)S/C(=C/c3cc(C)n(-c4cccc(C(=O)OC)c4C)c3C)C2=O)o1. The van der Waals surface area contributed by atoms with E-state index in [4.69, 9.17) is 9.15 Å². The first kappa shape index (κ1) is 25.1. The van der Waals surface area contributed by atoms with E-state index in [0.29, 0.717) is 5.56 Å². The Bertz CT molecular complexity index is 1430. The predicted octanol–water partition coefficient (Wildman–Crippen LogP) is 4.81. The maximum absolute atomic E-state index is 13.0. The van der Waals surface area contributed by atoms with Crippen LogP contribution in [0.1, 0.15) is 49.2 Å². The lowest BCUT2D eigenvalue weighted by molar-refractivity contribution is -0.123. The van der Waals surface area contributed by atoms with Crippen LogP contribution >= 0.6 is 11.8 Å². The molecule has 0 saturated carbocycles. The van der Waals surface area contributed by atoms with Gasteiger partial charge in [0.1, 0.15) is 5.76 Å². The molecule has 0 radical (unpaired) electrons. The first-order valence-corrected chi connectivity index (χ1v) is 11.8. The van der Waals surface area contributed by atoms with Crippen LogP contribution in [0.15, 0.2) is 45.7 Å². The number of ether oxygens (including phenoxy) is 2. The van der Waals surface area contributed by atoms with Gasteiger partial charge in [-0.2, -0.15) is 0 Å². The van der Waals surface area contributed by atoms with Crippen LogP contribution in [-0.2, 0) is 20.8 Å². The lowest BCUT2D eigenvalue weighted by Crippen LogP contribution is -2.27. The molecular weight excluding hydrogens is 484 g/mol. The number of rotatable bonds is 6. The van der Waals surface area contributed by atoms with Gasteiger partial charge in [0.25, 0.3) is 11.1 Å². The van der Waals surface area contributed by atoms with Gasteiger partial charge in [-0.15, -0.1) is 0 Å². The number of furan rings is 1. The van der Waals surface area contributed by atoms with E-state index in [1.54, 1.807) is 18.2 Å². The van der Waals surface area contributed by atoms with Crippen molar-refractivity contribution in [2.45, 2.75) is 27.3 Å². The number of aromatic nitrogens is 1. The second kappa shape index (κ2) is 9.90. The highest BCUT2D eigenvalue weighted by atomic mass is 32.2. The summed E-state index contributed by atoms with van der Waals surface area (Å²) in [6.45, 7) is 5.59. The molecule has 2 aromatic heterocycles. The average Bonchev–Trinajstić information content (AvgIpc) is 3.52. The zero-order valence-electron chi connectivity index (χ0n) is 20.4. The number of carbonyl (C=O) groups is 4. The number of hydrogen-bond donors (Lipinski definition) is 0. The first-order valence-electron chi connectivity index (χ1n) is 11.0. The molecule has 0 atom stereocenters. The Morgan fingerprint density at radius 1 is 1.03 bits per heavy atom. The molecule has 0 unspecified atom stereocenters. The molecular formula is C26H24N2O7S. The van der Waals surface area contributed by atoms with Gasteiger partial charge in [0.05, 0.1) is 31.2 Å². The smallest absolute Gasteiger partial charge is 0.373 e. The Kier molecular flexibility index (Phi) is 6.89. The minimum absolute atomic E-state index is 0.00554. The number of imide groups is 1. The third-order valence-electron chi connectivity index (χ3n) is 5.94. The monoisotopic (exact) mass is 508 g/mol. The van der Waals surface area contributed by atoms with Crippen LogP contribution < -0.4 is 0 Å². The highest BCUT2D eigenvalue weighted by Crippen LogP contribution is 2.35. The van der Waals surface area contributed by atoms with Crippen LogP contribution in [0.4, 0.5) is 4.79 Å². The molecule has 0 spiro atoms. The van der Waals surface area contributed by atoms with E-state index < -0.39 is 23.1 Å². The van der Waals surface area contributed by atoms with Crippen molar-refractivity contribution in [3.05, 3.63) is 80.9 Å². The van der Waals surface area contributed by atoms with Crippen molar-refractivity contribution >= 4 is 40.9 Å². The normalized spacial score (nSPS) is 14.6. The molecule has 9 nitrogen and oxygen atoms in total. The molecule has 3 heterocycles. The molecule has 186 valence electrons. The number of hydrogen-bond acceptors (Lipinski definition) is 8. The summed E-state index contributed by atoms with van der Waals surface area (Å²) in [5.74, 6) is -1.22. The molecule has 1 saturated heterocycles. The fraction of sp³-hybridized carbons (Fsp3) is 0.231. The zero-order chi connectivity index (χ0) is 26.1. The van der Waals surface area contributed by atoms with E-state index in [9.17, 15) is 19.2 Å². The summed E-state index contributed by atoms with van der Waals surface area (Å²) >= 11 is 0.840.